The van der Waals surface area contributed by atoms with Crippen molar-refractivity contribution in [3.63, 3.8) is 0 Å². The van der Waals surface area contributed by atoms with E-state index in [1.165, 1.54) is 16.7 Å². The van der Waals surface area contributed by atoms with Crippen molar-refractivity contribution in [3.05, 3.63) is 95.1 Å². The second-order valence-electron chi connectivity index (χ2n) is 7.52. The highest BCUT2D eigenvalue weighted by Crippen LogP contribution is 2.47. The van der Waals surface area contributed by atoms with E-state index in [0.717, 1.165) is 29.2 Å². The predicted molar refractivity (Wildman–Crippen MR) is 114 cm³/mol. The van der Waals surface area contributed by atoms with E-state index in [4.69, 9.17) is 14.6 Å². The first-order valence-corrected chi connectivity index (χ1v) is 10.1. The van der Waals surface area contributed by atoms with E-state index in [0.29, 0.717) is 6.61 Å². The Bertz CT molecular complexity index is 1040. The smallest absolute Gasteiger partial charge is 0.213 e. The fraction of sp³-hybridized carbons (Fsp3) is 0.240. The normalized spacial score (nSPS) is 19.8. The number of para-hydroxylation sites is 1. The molecule has 4 heteroatoms. The Labute approximate surface area is 171 Å². The molecule has 2 aliphatic heterocycles. The minimum absolute atomic E-state index is 0.174. The molecule has 0 aromatic heterocycles. The van der Waals surface area contributed by atoms with Crippen molar-refractivity contribution in [2.75, 3.05) is 6.61 Å². The molecule has 3 aromatic carbocycles. The summed E-state index contributed by atoms with van der Waals surface area (Å²) in [6, 6.07) is 25.2. The van der Waals surface area contributed by atoms with Crippen LogP contribution in [0, 0.1) is 6.92 Å². The van der Waals surface area contributed by atoms with Gasteiger partial charge in [-0.3, -0.25) is 0 Å². The van der Waals surface area contributed by atoms with E-state index in [-0.39, 0.29) is 12.3 Å². The Morgan fingerprint density at radius 3 is 2.52 bits per heavy atom. The van der Waals surface area contributed by atoms with Gasteiger partial charge in [-0.25, -0.2) is 5.01 Å². The largest absolute Gasteiger partial charge is 0.494 e. The van der Waals surface area contributed by atoms with Gasteiger partial charge in [0.05, 0.1) is 18.4 Å². The number of fused-ring (bicyclic) bond motifs is 3. The SMILES string of the molecule is CCOc1ccc([C@@H]2Oc3ccccc3[C@H]3CC(c4ccc(C)cc4)=NN32)cc1. The van der Waals surface area contributed by atoms with Crippen LogP contribution in [0.25, 0.3) is 0 Å². The molecule has 0 spiro atoms. The van der Waals surface area contributed by atoms with Gasteiger partial charge in [0.25, 0.3) is 0 Å². The maximum Gasteiger partial charge on any atom is 0.213 e. The van der Waals surface area contributed by atoms with E-state index >= 15 is 0 Å². The molecule has 0 saturated heterocycles. The molecule has 3 aromatic rings. The van der Waals surface area contributed by atoms with Gasteiger partial charge >= 0.3 is 0 Å². The lowest BCUT2D eigenvalue weighted by atomic mass is 9.95. The summed E-state index contributed by atoms with van der Waals surface area (Å²) in [5.74, 6) is 1.81. The minimum atomic E-state index is -0.256. The van der Waals surface area contributed by atoms with Gasteiger partial charge in [0.1, 0.15) is 11.5 Å². The van der Waals surface area contributed by atoms with Crippen molar-refractivity contribution < 1.29 is 9.47 Å². The van der Waals surface area contributed by atoms with Crippen LogP contribution < -0.4 is 9.47 Å². The second kappa shape index (κ2) is 7.28. The standard InChI is InChI=1S/C25H24N2O2/c1-3-28-20-14-12-19(13-15-20)25-27-23(21-6-4-5-7-24(21)29-25)16-22(26-27)18-10-8-17(2)9-11-18/h4-15,23,25H,3,16H2,1-2H3/t23-,25+/m1/s1. The fourth-order valence-corrected chi connectivity index (χ4v) is 4.07. The summed E-state index contributed by atoms with van der Waals surface area (Å²) in [6.07, 6.45) is 0.616. The molecule has 0 amide bonds. The molecular weight excluding hydrogens is 360 g/mol. The molecule has 5 rings (SSSR count). The zero-order valence-electron chi connectivity index (χ0n) is 16.7. The van der Waals surface area contributed by atoms with Gasteiger partial charge in [0.15, 0.2) is 0 Å². The van der Waals surface area contributed by atoms with Gasteiger partial charge < -0.3 is 9.47 Å². The van der Waals surface area contributed by atoms with Crippen molar-refractivity contribution >= 4 is 5.71 Å². The molecule has 2 atom stereocenters. The van der Waals surface area contributed by atoms with Crippen LogP contribution in [0.2, 0.25) is 0 Å². The molecule has 2 heterocycles. The molecule has 0 aliphatic carbocycles. The lowest BCUT2D eigenvalue weighted by Crippen LogP contribution is -2.33. The van der Waals surface area contributed by atoms with Crippen molar-refractivity contribution in [2.24, 2.45) is 5.10 Å². The summed E-state index contributed by atoms with van der Waals surface area (Å²) >= 11 is 0. The summed E-state index contributed by atoms with van der Waals surface area (Å²) in [5, 5.41) is 7.14. The third-order valence-corrected chi connectivity index (χ3v) is 5.56. The molecule has 0 radical (unpaired) electrons. The minimum Gasteiger partial charge on any atom is -0.494 e. The number of nitrogens with zero attached hydrogens (tertiary/aromatic N) is 2. The van der Waals surface area contributed by atoms with Gasteiger partial charge in [-0.2, -0.15) is 5.10 Å². The van der Waals surface area contributed by atoms with E-state index in [1.807, 2.05) is 25.1 Å². The summed E-state index contributed by atoms with van der Waals surface area (Å²) < 4.78 is 12.0. The summed E-state index contributed by atoms with van der Waals surface area (Å²) in [5.41, 5.74) is 5.80. The Balaban J connectivity index is 1.53. The fourth-order valence-electron chi connectivity index (χ4n) is 4.07. The molecule has 0 unspecified atom stereocenters. The Morgan fingerprint density at radius 2 is 1.76 bits per heavy atom. The molecular formula is C25H24N2O2. The van der Waals surface area contributed by atoms with Crippen LogP contribution >= 0.6 is 0 Å². The molecule has 29 heavy (non-hydrogen) atoms. The van der Waals surface area contributed by atoms with Gasteiger partial charge in [0, 0.05) is 17.5 Å². The van der Waals surface area contributed by atoms with E-state index in [1.54, 1.807) is 0 Å². The highest BCUT2D eigenvalue weighted by molar-refractivity contribution is 6.02. The van der Waals surface area contributed by atoms with Crippen LogP contribution in [0.5, 0.6) is 11.5 Å². The predicted octanol–water partition coefficient (Wildman–Crippen LogP) is 5.64. The van der Waals surface area contributed by atoms with Crippen molar-refractivity contribution in [1.82, 2.24) is 5.01 Å². The average molecular weight is 384 g/mol. The third-order valence-electron chi connectivity index (χ3n) is 5.56. The van der Waals surface area contributed by atoms with Crippen LogP contribution in [0.3, 0.4) is 0 Å². The third kappa shape index (κ3) is 3.25. The summed E-state index contributed by atoms with van der Waals surface area (Å²) in [4.78, 5) is 0. The van der Waals surface area contributed by atoms with Crippen LogP contribution in [0.15, 0.2) is 77.9 Å². The van der Waals surface area contributed by atoms with Crippen molar-refractivity contribution in [2.45, 2.75) is 32.5 Å². The van der Waals surface area contributed by atoms with Gasteiger partial charge in [-0.1, -0.05) is 48.0 Å². The Hall–Kier alpha value is -3.27. The maximum absolute atomic E-state index is 6.41. The van der Waals surface area contributed by atoms with Crippen molar-refractivity contribution in [1.29, 1.82) is 0 Å². The number of hydrazone groups is 1. The first kappa shape index (κ1) is 17.8. The highest BCUT2D eigenvalue weighted by atomic mass is 16.5. The number of hydrogen-bond donors (Lipinski definition) is 0. The van der Waals surface area contributed by atoms with Crippen LogP contribution in [0.4, 0.5) is 0 Å². The van der Waals surface area contributed by atoms with Crippen LogP contribution in [-0.4, -0.2) is 17.3 Å². The molecule has 0 bridgehead atoms. The molecule has 2 aliphatic rings. The number of hydrogen-bond acceptors (Lipinski definition) is 4. The number of rotatable bonds is 4. The molecule has 146 valence electrons. The van der Waals surface area contributed by atoms with Crippen molar-refractivity contribution in [3.8, 4) is 11.5 Å². The lowest BCUT2D eigenvalue weighted by molar-refractivity contribution is -0.0190. The van der Waals surface area contributed by atoms with Gasteiger partial charge in [0.2, 0.25) is 6.23 Å². The second-order valence-corrected chi connectivity index (χ2v) is 7.52. The number of aryl methyl sites for hydroxylation is 1. The highest BCUT2D eigenvalue weighted by Gasteiger charge is 2.40. The maximum atomic E-state index is 6.41. The van der Waals surface area contributed by atoms with E-state index < -0.39 is 0 Å². The molecule has 4 nitrogen and oxygen atoms in total. The topological polar surface area (TPSA) is 34.1 Å². The number of benzene rings is 3. The van der Waals surface area contributed by atoms with E-state index in [2.05, 4.69) is 66.5 Å². The Morgan fingerprint density at radius 1 is 1.00 bits per heavy atom. The first-order chi connectivity index (χ1) is 14.2. The first-order valence-electron chi connectivity index (χ1n) is 10.1. The van der Waals surface area contributed by atoms with Gasteiger partial charge in [-0.05, 0) is 49.7 Å². The number of ether oxygens (including phenoxy) is 2. The van der Waals surface area contributed by atoms with E-state index in [9.17, 15) is 0 Å². The van der Waals surface area contributed by atoms with Crippen LogP contribution in [-0.2, 0) is 0 Å². The average Bonchev–Trinajstić information content (AvgIpc) is 3.20. The lowest BCUT2D eigenvalue weighted by Gasteiger charge is -2.38. The summed E-state index contributed by atoms with van der Waals surface area (Å²) in [7, 11) is 0. The molecule has 0 saturated carbocycles. The quantitative estimate of drug-likeness (QED) is 0.584. The zero-order valence-corrected chi connectivity index (χ0v) is 16.7. The molecule has 0 fully saturated rings. The van der Waals surface area contributed by atoms with Gasteiger partial charge in [-0.15, -0.1) is 0 Å². The monoisotopic (exact) mass is 384 g/mol. The zero-order chi connectivity index (χ0) is 19.8. The Kier molecular flexibility index (Phi) is 4.47. The van der Waals surface area contributed by atoms with Crippen LogP contribution in [0.1, 0.15) is 47.9 Å². The molecule has 0 N–H and O–H groups in total. The summed E-state index contributed by atoms with van der Waals surface area (Å²) in [6.45, 7) is 4.76.